The van der Waals surface area contributed by atoms with Gasteiger partial charge in [0.1, 0.15) is 0 Å². The van der Waals surface area contributed by atoms with Crippen molar-refractivity contribution in [2.24, 2.45) is 0 Å². The summed E-state index contributed by atoms with van der Waals surface area (Å²) in [6.07, 6.45) is 1.45. The van der Waals surface area contributed by atoms with E-state index in [0.717, 1.165) is 17.5 Å². The van der Waals surface area contributed by atoms with Crippen LogP contribution in [0, 0.1) is 6.92 Å². The molecule has 0 fully saturated rings. The summed E-state index contributed by atoms with van der Waals surface area (Å²) in [5.74, 6) is -1.05. The molecule has 1 aromatic heterocycles. The van der Waals surface area contributed by atoms with E-state index in [1.54, 1.807) is 4.68 Å². The largest absolute Gasteiger partial charge is 0.476 e. The second kappa shape index (κ2) is 6.05. The van der Waals surface area contributed by atoms with Crippen LogP contribution >= 0.6 is 11.6 Å². The molecule has 0 atom stereocenters. The number of hydrogen-bond donors (Lipinski definition) is 1. The Morgan fingerprint density at radius 3 is 2.80 bits per heavy atom. The topological polar surface area (TPSA) is 68.0 Å². The zero-order valence-electron chi connectivity index (χ0n) is 11.4. The van der Waals surface area contributed by atoms with Crippen LogP contribution in [0.3, 0.4) is 0 Å². The Morgan fingerprint density at radius 2 is 2.20 bits per heavy atom. The minimum Gasteiger partial charge on any atom is -0.476 e. The summed E-state index contributed by atoms with van der Waals surface area (Å²) in [7, 11) is 0. The van der Waals surface area contributed by atoms with E-state index in [2.05, 4.69) is 10.3 Å². The van der Waals surface area contributed by atoms with Gasteiger partial charge in [-0.15, -0.1) is 5.10 Å². The molecule has 1 aromatic carbocycles. The maximum Gasteiger partial charge on any atom is 0.358 e. The minimum atomic E-state index is -1.05. The number of nitrogens with zero attached hydrogens (tertiary/aromatic N) is 3. The summed E-state index contributed by atoms with van der Waals surface area (Å²) in [5, 5.41) is 17.5. The summed E-state index contributed by atoms with van der Waals surface area (Å²) >= 11 is 6.20. The minimum absolute atomic E-state index is 0.0232. The standard InChI is InChI=1S/C14H16ClN3O2/c1-3-4-12-13(14(19)20)16-17-18(12)8-10-6-5-9(2)7-11(10)15/h5-7H,3-4,8H2,1-2H3,(H,19,20). The number of halogens is 1. The molecule has 0 radical (unpaired) electrons. The van der Waals surface area contributed by atoms with Gasteiger partial charge in [-0.1, -0.05) is 42.3 Å². The lowest BCUT2D eigenvalue weighted by Gasteiger charge is -2.08. The van der Waals surface area contributed by atoms with Crippen molar-refractivity contribution in [3.63, 3.8) is 0 Å². The van der Waals surface area contributed by atoms with E-state index in [1.807, 2.05) is 32.0 Å². The second-order valence-corrected chi connectivity index (χ2v) is 5.10. The summed E-state index contributed by atoms with van der Waals surface area (Å²) < 4.78 is 1.61. The molecule has 0 bridgehead atoms. The number of carboxylic acids is 1. The van der Waals surface area contributed by atoms with Crippen LogP contribution in [0.15, 0.2) is 18.2 Å². The Kier molecular flexibility index (Phi) is 4.39. The van der Waals surface area contributed by atoms with Crippen molar-refractivity contribution >= 4 is 17.6 Å². The van der Waals surface area contributed by atoms with Gasteiger partial charge in [0.25, 0.3) is 0 Å². The first kappa shape index (κ1) is 14.5. The van der Waals surface area contributed by atoms with E-state index in [1.165, 1.54) is 0 Å². The monoisotopic (exact) mass is 293 g/mol. The highest BCUT2D eigenvalue weighted by molar-refractivity contribution is 6.31. The van der Waals surface area contributed by atoms with Crippen molar-refractivity contribution in [2.75, 3.05) is 0 Å². The predicted molar refractivity (Wildman–Crippen MR) is 76.3 cm³/mol. The van der Waals surface area contributed by atoms with Crippen molar-refractivity contribution < 1.29 is 9.90 Å². The van der Waals surface area contributed by atoms with Crippen LogP contribution in [0.4, 0.5) is 0 Å². The van der Waals surface area contributed by atoms with E-state index in [4.69, 9.17) is 16.7 Å². The van der Waals surface area contributed by atoms with Gasteiger partial charge in [-0.2, -0.15) is 0 Å². The molecule has 0 aliphatic carbocycles. The number of aryl methyl sites for hydroxylation is 1. The first-order valence-electron chi connectivity index (χ1n) is 6.43. The maximum absolute atomic E-state index is 11.1. The Bertz CT molecular complexity index is 637. The van der Waals surface area contributed by atoms with Gasteiger partial charge >= 0.3 is 5.97 Å². The van der Waals surface area contributed by atoms with E-state index < -0.39 is 5.97 Å². The number of carbonyl (C=O) groups is 1. The lowest BCUT2D eigenvalue weighted by molar-refractivity contribution is 0.0689. The van der Waals surface area contributed by atoms with Gasteiger partial charge < -0.3 is 5.11 Å². The molecule has 0 amide bonds. The van der Waals surface area contributed by atoms with Crippen molar-refractivity contribution in [1.29, 1.82) is 0 Å². The number of benzene rings is 1. The molecular weight excluding hydrogens is 278 g/mol. The van der Waals surface area contributed by atoms with Crippen molar-refractivity contribution in [3.8, 4) is 0 Å². The maximum atomic E-state index is 11.1. The third kappa shape index (κ3) is 2.99. The molecule has 0 saturated carbocycles. The van der Waals surface area contributed by atoms with Crippen LogP contribution in [0.5, 0.6) is 0 Å². The number of aromatic carboxylic acids is 1. The summed E-state index contributed by atoms with van der Waals surface area (Å²) in [6, 6.07) is 5.77. The van der Waals surface area contributed by atoms with Gasteiger partial charge in [0.15, 0.2) is 5.69 Å². The first-order chi connectivity index (χ1) is 9.52. The van der Waals surface area contributed by atoms with E-state index in [0.29, 0.717) is 23.7 Å². The number of hydrogen-bond acceptors (Lipinski definition) is 3. The third-order valence-corrected chi connectivity index (χ3v) is 3.41. The Balaban J connectivity index is 2.35. The fourth-order valence-corrected chi connectivity index (χ4v) is 2.35. The highest BCUT2D eigenvalue weighted by Crippen LogP contribution is 2.20. The predicted octanol–water partition coefficient (Wildman–Crippen LogP) is 2.94. The molecule has 6 heteroatoms. The lowest BCUT2D eigenvalue weighted by atomic mass is 10.1. The molecule has 5 nitrogen and oxygen atoms in total. The summed E-state index contributed by atoms with van der Waals surface area (Å²) in [6.45, 7) is 4.38. The van der Waals surface area contributed by atoms with Gasteiger partial charge in [0, 0.05) is 5.02 Å². The van der Waals surface area contributed by atoms with Gasteiger partial charge in [-0.05, 0) is 30.5 Å². The highest BCUT2D eigenvalue weighted by Gasteiger charge is 2.18. The quantitative estimate of drug-likeness (QED) is 0.920. The Morgan fingerprint density at radius 1 is 1.45 bits per heavy atom. The Labute approximate surface area is 122 Å². The molecule has 106 valence electrons. The van der Waals surface area contributed by atoms with Crippen LogP contribution in [0.25, 0.3) is 0 Å². The molecule has 1 heterocycles. The molecule has 0 unspecified atom stereocenters. The molecule has 1 N–H and O–H groups in total. The van der Waals surface area contributed by atoms with Crippen molar-refractivity contribution in [1.82, 2.24) is 15.0 Å². The average molecular weight is 294 g/mol. The first-order valence-corrected chi connectivity index (χ1v) is 6.81. The van der Waals surface area contributed by atoms with E-state index in [-0.39, 0.29) is 5.69 Å². The molecule has 2 aromatic rings. The van der Waals surface area contributed by atoms with Crippen LogP contribution in [0.2, 0.25) is 5.02 Å². The molecule has 20 heavy (non-hydrogen) atoms. The number of rotatable bonds is 5. The van der Waals surface area contributed by atoms with E-state index >= 15 is 0 Å². The van der Waals surface area contributed by atoms with Crippen LogP contribution in [-0.2, 0) is 13.0 Å². The van der Waals surface area contributed by atoms with Crippen LogP contribution in [-0.4, -0.2) is 26.1 Å². The molecule has 0 aliphatic rings. The van der Waals surface area contributed by atoms with Crippen molar-refractivity contribution in [2.45, 2.75) is 33.2 Å². The average Bonchev–Trinajstić information content (AvgIpc) is 2.77. The number of carboxylic acid groups (broad SMARTS) is 1. The molecule has 0 saturated heterocycles. The van der Waals surface area contributed by atoms with E-state index in [9.17, 15) is 4.79 Å². The smallest absolute Gasteiger partial charge is 0.358 e. The molecular formula is C14H16ClN3O2. The SMILES string of the molecule is CCCc1c(C(=O)O)nnn1Cc1ccc(C)cc1Cl. The molecule has 0 spiro atoms. The Hall–Kier alpha value is -1.88. The van der Waals surface area contributed by atoms with Gasteiger partial charge in [-0.25, -0.2) is 9.48 Å². The van der Waals surface area contributed by atoms with Crippen LogP contribution < -0.4 is 0 Å². The fraction of sp³-hybridized carbons (Fsp3) is 0.357. The molecule has 0 aliphatic heterocycles. The normalized spacial score (nSPS) is 10.8. The second-order valence-electron chi connectivity index (χ2n) is 4.69. The lowest BCUT2D eigenvalue weighted by Crippen LogP contribution is -2.09. The van der Waals surface area contributed by atoms with Gasteiger partial charge in [-0.3, -0.25) is 0 Å². The van der Waals surface area contributed by atoms with Gasteiger partial charge in [0.2, 0.25) is 0 Å². The summed E-state index contributed by atoms with van der Waals surface area (Å²) in [5.41, 5.74) is 2.64. The highest BCUT2D eigenvalue weighted by atomic mass is 35.5. The number of aromatic nitrogens is 3. The third-order valence-electron chi connectivity index (χ3n) is 3.06. The van der Waals surface area contributed by atoms with Crippen LogP contribution in [0.1, 0.15) is 40.7 Å². The zero-order chi connectivity index (χ0) is 14.7. The van der Waals surface area contributed by atoms with Gasteiger partial charge in [0.05, 0.1) is 12.2 Å². The zero-order valence-corrected chi connectivity index (χ0v) is 12.2. The van der Waals surface area contributed by atoms with Crippen molar-refractivity contribution in [3.05, 3.63) is 45.7 Å². The molecule has 2 rings (SSSR count). The fourth-order valence-electron chi connectivity index (χ4n) is 2.05. The summed E-state index contributed by atoms with van der Waals surface area (Å²) in [4.78, 5) is 11.1.